The van der Waals surface area contributed by atoms with Crippen molar-refractivity contribution in [2.75, 3.05) is 32.6 Å². The molecule has 1 amide bonds. The van der Waals surface area contributed by atoms with Crippen molar-refractivity contribution in [2.24, 2.45) is 0 Å². The first-order valence-corrected chi connectivity index (χ1v) is 9.45. The molecule has 2 N–H and O–H groups in total. The van der Waals surface area contributed by atoms with Crippen molar-refractivity contribution in [1.82, 2.24) is 0 Å². The Balaban J connectivity index is 1.75. The van der Waals surface area contributed by atoms with Crippen LogP contribution in [0.15, 0.2) is 36.4 Å². The van der Waals surface area contributed by atoms with Gasteiger partial charge in [-0.05, 0) is 49.2 Å². The van der Waals surface area contributed by atoms with Gasteiger partial charge in [0.25, 0.3) is 5.91 Å². The lowest BCUT2D eigenvalue weighted by atomic mass is 10.0. The van der Waals surface area contributed by atoms with Gasteiger partial charge in [0.15, 0.2) is 6.54 Å². The fraction of sp³-hybridized carbons (Fsp3) is 0.409. The predicted molar refractivity (Wildman–Crippen MR) is 107 cm³/mol. The molecule has 1 unspecified atom stereocenters. The highest BCUT2D eigenvalue weighted by Crippen LogP contribution is 2.31. The van der Waals surface area contributed by atoms with Crippen LogP contribution in [0.2, 0.25) is 0 Å². The van der Waals surface area contributed by atoms with Crippen molar-refractivity contribution in [3.8, 4) is 11.5 Å². The number of anilines is 1. The SMILES string of the molecule is COc1ccc(OC)c([C@H]2CCC[NH+]2CC(=O)Nc2cc(C)ccc2C)c1. The van der Waals surface area contributed by atoms with Crippen LogP contribution in [0, 0.1) is 13.8 Å². The van der Waals surface area contributed by atoms with Gasteiger partial charge < -0.3 is 19.7 Å². The van der Waals surface area contributed by atoms with Gasteiger partial charge in [0.2, 0.25) is 0 Å². The van der Waals surface area contributed by atoms with Gasteiger partial charge in [-0.2, -0.15) is 0 Å². The molecule has 2 atom stereocenters. The molecular weight excluding hydrogens is 340 g/mol. The molecule has 1 aliphatic heterocycles. The van der Waals surface area contributed by atoms with Gasteiger partial charge in [-0.1, -0.05) is 12.1 Å². The van der Waals surface area contributed by atoms with E-state index in [4.69, 9.17) is 9.47 Å². The van der Waals surface area contributed by atoms with E-state index in [0.717, 1.165) is 53.3 Å². The Hall–Kier alpha value is -2.53. The van der Waals surface area contributed by atoms with Crippen LogP contribution < -0.4 is 19.7 Å². The summed E-state index contributed by atoms with van der Waals surface area (Å²) in [6, 6.07) is 12.2. The van der Waals surface area contributed by atoms with Crippen molar-refractivity contribution >= 4 is 11.6 Å². The summed E-state index contributed by atoms with van der Waals surface area (Å²) in [5, 5.41) is 3.09. The molecule has 5 nitrogen and oxygen atoms in total. The highest BCUT2D eigenvalue weighted by Gasteiger charge is 2.34. The number of likely N-dealkylation sites (tertiary alicyclic amines) is 1. The number of hydrogen-bond donors (Lipinski definition) is 2. The highest BCUT2D eigenvalue weighted by molar-refractivity contribution is 5.92. The lowest BCUT2D eigenvalue weighted by Crippen LogP contribution is -3.11. The lowest BCUT2D eigenvalue weighted by molar-refractivity contribution is -0.910. The Morgan fingerprint density at radius 2 is 1.96 bits per heavy atom. The first kappa shape index (κ1) is 19.2. The summed E-state index contributed by atoms with van der Waals surface area (Å²) in [4.78, 5) is 14.0. The number of hydrogen-bond acceptors (Lipinski definition) is 3. The third-order valence-corrected chi connectivity index (χ3v) is 5.35. The van der Waals surface area contributed by atoms with Gasteiger partial charge in [-0.3, -0.25) is 4.79 Å². The summed E-state index contributed by atoms with van der Waals surface area (Å²) < 4.78 is 11.0. The summed E-state index contributed by atoms with van der Waals surface area (Å²) >= 11 is 0. The molecule has 0 spiro atoms. The quantitative estimate of drug-likeness (QED) is 0.823. The Labute approximate surface area is 161 Å². The second-order valence-corrected chi connectivity index (χ2v) is 7.25. The monoisotopic (exact) mass is 369 g/mol. The first-order chi connectivity index (χ1) is 13.0. The van der Waals surface area contributed by atoms with Crippen LogP contribution in [-0.4, -0.2) is 33.2 Å². The van der Waals surface area contributed by atoms with Crippen molar-refractivity contribution in [3.63, 3.8) is 0 Å². The molecule has 27 heavy (non-hydrogen) atoms. The van der Waals surface area contributed by atoms with Gasteiger partial charge in [0.1, 0.15) is 17.5 Å². The van der Waals surface area contributed by atoms with E-state index in [0.29, 0.717) is 6.54 Å². The van der Waals surface area contributed by atoms with E-state index in [1.807, 2.05) is 44.2 Å². The second kappa shape index (κ2) is 8.44. The van der Waals surface area contributed by atoms with E-state index in [1.165, 1.54) is 4.90 Å². The summed E-state index contributed by atoms with van der Waals surface area (Å²) in [5.41, 5.74) is 4.23. The molecule has 1 aliphatic rings. The number of benzene rings is 2. The van der Waals surface area contributed by atoms with Crippen LogP contribution in [0.5, 0.6) is 11.5 Å². The zero-order valence-electron chi connectivity index (χ0n) is 16.6. The number of quaternary nitrogens is 1. The van der Waals surface area contributed by atoms with Crippen molar-refractivity contribution in [3.05, 3.63) is 53.1 Å². The summed E-state index contributed by atoms with van der Waals surface area (Å²) in [6.07, 6.45) is 2.13. The smallest absolute Gasteiger partial charge is 0.279 e. The van der Waals surface area contributed by atoms with Crippen LogP contribution >= 0.6 is 0 Å². The van der Waals surface area contributed by atoms with E-state index in [-0.39, 0.29) is 11.9 Å². The Kier molecular flexibility index (Phi) is 6.01. The molecule has 1 saturated heterocycles. The van der Waals surface area contributed by atoms with Crippen LogP contribution in [0.1, 0.15) is 35.6 Å². The van der Waals surface area contributed by atoms with Crippen molar-refractivity contribution in [2.45, 2.75) is 32.7 Å². The third kappa shape index (κ3) is 4.42. The number of carbonyl (C=O) groups is 1. The summed E-state index contributed by atoms with van der Waals surface area (Å²) in [5.74, 6) is 1.72. The largest absolute Gasteiger partial charge is 0.497 e. The Bertz CT molecular complexity index is 819. The maximum Gasteiger partial charge on any atom is 0.279 e. The summed E-state index contributed by atoms with van der Waals surface area (Å²) in [7, 11) is 3.36. The molecule has 5 heteroatoms. The van der Waals surface area contributed by atoms with Gasteiger partial charge in [0, 0.05) is 18.5 Å². The molecule has 2 aromatic rings. The lowest BCUT2D eigenvalue weighted by Gasteiger charge is -2.23. The molecule has 1 fully saturated rings. The van der Waals surface area contributed by atoms with Crippen LogP contribution in [0.3, 0.4) is 0 Å². The average molecular weight is 369 g/mol. The zero-order chi connectivity index (χ0) is 19.4. The topological polar surface area (TPSA) is 52.0 Å². The van der Waals surface area contributed by atoms with Crippen LogP contribution in [0.25, 0.3) is 0 Å². The molecule has 2 aromatic carbocycles. The minimum atomic E-state index is 0.0486. The van der Waals surface area contributed by atoms with Gasteiger partial charge in [0.05, 0.1) is 26.3 Å². The number of carbonyl (C=O) groups excluding carboxylic acids is 1. The third-order valence-electron chi connectivity index (χ3n) is 5.35. The number of amides is 1. The molecule has 0 aliphatic carbocycles. The van der Waals surface area contributed by atoms with E-state index < -0.39 is 0 Å². The Morgan fingerprint density at radius 1 is 1.15 bits per heavy atom. The zero-order valence-corrected chi connectivity index (χ0v) is 16.6. The minimum absolute atomic E-state index is 0.0486. The fourth-order valence-corrected chi connectivity index (χ4v) is 3.88. The molecule has 3 rings (SSSR count). The number of aryl methyl sites for hydroxylation is 2. The van der Waals surface area contributed by atoms with E-state index >= 15 is 0 Å². The predicted octanol–water partition coefficient (Wildman–Crippen LogP) is 2.68. The number of methoxy groups -OCH3 is 2. The normalized spacial score (nSPS) is 19.0. The first-order valence-electron chi connectivity index (χ1n) is 9.45. The van der Waals surface area contributed by atoms with E-state index in [2.05, 4.69) is 11.4 Å². The van der Waals surface area contributed by atoms with E-state index in [1.54, 1.807) is 14.2 Å². The van der Waals surface area contributed by atoms with Gasteiger partial charge in [-0.25, -0.2) is 0 Å². The fourth-order valence-electron chi connectivity index (χ4n) is 3.88. The standard InChI is InChI=1S/C22H28N2O3/c1-15-7-8-16(2)19(12-15)23-22(25)14-24-11-5-6-20(24)18-13-17(26-3)9-10-21(18)27-4/h7-10,12-13,20H,5-6,11,14H2,1-4H3,(H,23,25)/p+1/t20-/m1/s1. The minimum Gasteiger partial charge on any atom is -0.497 e. The van der Waals surface area contributed by atoms with Crippen LogP contribution in [0.4, 0.5) is 5.69 Å². The molecule has 1 heterocycles. The molecular formula is C22H29N2O3+. The van der Waals surface area contributed by atoms with Crippen LogP contribution in [-0.2, 0) is 4.79 Å². The molecule has 0 aromatic heterocycles. The highest BCUT2D eigenvalue weighted by atomic mass is 16.5. The van der Waals surface area contributed by atoms with Crippen molar-refractivity contribution < 1.29 is 19.2 Å². The molecule has 0 saturated carbocycles. The maximum atomic E-state index is 12.7. The molecule has 0 radical (unpaired) electrons. The van der Waals surface area contributed by atoms with Gasteiger partial charge in [-0.15, -0.1) is 0 Å². The van der Waals surface area contributed by atoms with Gasteiger partial charge >= 0.3 is 0 Å². The van der Waals surface area contributed by atoms with Crippen molar-refractivity contribution in [1.29, 1.82) is 0 Å². The Morgan fingerprint density at radius 3 is 2.70 bits per heavy atom. The van der Waals surface area contributed by atoms with E-state index in [9.17, 15) is 4.79 Å². The number of ether oxygens (including phenoxy) is 2. The maximum absolute atomic E-state index is 12.7. The average Bonchev–Trinajstić information content (AvgIpc) is 3.11. The molecule has 0 bridgehead atoms. The number of nitrogens with one attached hydrogen (secondary N) is 2. The molecule has 144 valence electrons. The second-order valence-electron chi connectivity index (χ2n) is 7.25. The summed E-state index contributed by atoms with van der Waals surface area (Å²) in [6.45, 7) is 5.47. The number of rotatable bonds is 6.